The Kier molecular flexibility index (Phi) is 2.69. The van der Waals surface area contributed by atoms with Crippen LogP contribution in [0.1, 0.15) is 31.4 Å². The minimum Gasteiger partial charge on any atom is -0.398 e. The molecule has 1 heterocycles. The highest BCUT2D eigenvalue weighted by Gasteiger charge is 2.46. The van der Waals surface area contributed by atoms with Gasteiger partial charge in [-0.2, -0.15) is 0 Å². The van der Waals surface area contributed by atoms with E-state index in [4.69, 9.17) is 5.73 Å². The molecule has 1 aliphatic rings. The molecule has 1 aromatic rings. The van der Waals surface area contributed by atoms with Gasteiger partial charge in [-0.25, -0.2) is 4.90 Å². The molecule has 1 aromatic carbocycles. The standard InChI is InChI=1S/C14H18N2O2/c1-8-5-6-10(15)9(2)12(8)16-11(17)7-14(3,4)13(16)18/h5-6H,7,15H2,1-4H3. The molecule has 1 fully saturated rings. The zero-order chi connectivity index (χ0) is 13.7. The summed E-state index contributed by atoms with van der Waals surface area (Å²) in [6.07, 6.45) is 0.250. The van der Waals surface area contributed by atoms with Crippen molar-refractivity contribution in [3.05, 3.63) is 23.3 Å². The first-order valence-corrected chi connectivity index (χ1v) is 5.99. The highest BCUT2D eigenvalue weighted by atomic mass is 16.2. The van der Waals surface area contributed by atoms with E-state index in [1.165, 1.54) is 4.90 Å². The minimum atomic E-state index is -0.624. The van der Waals surface area contributed by atoms with Crippen LogP contribution < -0.4 is 10.6 Å². The number of rotatable bonds is 1. The number of carbonyl (C=O) groups is 2. The maximum Gasteiger partial charge on any atom is 0.239 e. The summed E-state index contributed by atoms with van der Waals surface area (Å²) in [5.74, 6) is -0.300. The topological polar surface area (TPSA) is 63.4 Å². The molecule has 2 N–H and O–H groups in total. The van der Waals surface area contributed by atoms with Crippen LogP contribution in [0.2, 0.25) is 0 Å². The van der Waals surface area contributed by atoms with Crippen LogP contribution in [-0.2, 0) is 9.59 Å². The fourth-order valence-electron chi connectivity index (χ4n) is 2.37. The Hall–Kier alpha value is -1.84. The molecule has 18 heavy (non-hydrogen) atoms. The Morgan fingerprint density at radius 3 is 2.33 bits per heavy atom. The molecule has 0 atom stereocenters. The van der Waals surface area contributed by atoms with Gasteiger partial charge in [-0.3, -0.25) is 9.59 Å². The molecule has 2 rings (SSSR count). The molecule has 0 aromatic heterocycles. The minimum absolute atomic E-state index is 0.149. The molecule has 0 saturated carbocycles. The van der Waals surface area contributed by atoms with Crippen LogP contribution in [0.5, 0.6) is 0 Å². The lowest BCUT2D eigenvalue weighted by molar-refractivity contribution is -0.124. The molecule has 1 aliphatic heterocycles. The molecule has 0 spiro atoms. The number of hydrogen-bond acceptors (Lipinski definition) is 3. The van der Waals surface area contributed by atoms with Gasteiger partial charge >= 0.3 is 0 Å². The van der Waals surface area contributed by atoms with Gasteiger partial charge in [0.05, 0.1) is 11.1 Å². The predicted molar refractivity (Wildman–Crippen MR) is 71.2 cm³/mol. The smallest absolute Gasteiger partial charge is 0.239 e. The third kappa shape index (κ3) is 1.68. The van der Waals surface area contributed by atoms with Crippen LogP contribution in [-0.4, -0.2) is 11.8 Å². The molecule has 0 radical (unpaired) electrons. The summed E-state index contributed by atoms with van der Waals surface area (Å²) in [6, 6.07) is 3.63. The molecule has 0 aliphatic carbocycles. The molecule has 4 heteroatoms. The van der Waals surface area contributed by atoms with Crippen molar-refractivity contribution in [3.63, 3.8) is 0 Å². The number of imide groups is 1. The van der Waals surface area contributed by atoms with E-state index in [-0.39, 0.29) is 18.2 Å². The average Bonchev–Trinajstić information content (AvgIpc) is 2.46. The van der Waals surface area contributed by atoms with Crippen LogP contribution in [0.4, 0.5) is 11.4 Å². The van der Waals surface area contributed by atoms with Crippen molar-refractivity contribution in [1.82, 2.24) is 0 Å². The van der Waals surface area contributed by atoms with Crippen LogP contribution in [0.25, 0.3) is 0 Å². The first kappa shape index (κ1) is 12.6. The van der Waals surface area contributed by atoms with Crippen molar-refractivity contribution < 1.29 is 9.59 Å². The molecule has 1 saturated heterocycles. The number of carbonyl (C=O) groups excluding carboxylic acids is 2. The summed E-state index contributed by atoms with van der Waals surface area (Å²) in [4.78, 5) is 25.7. The lowest BCUT2D eigenvalue weighted by Crippen LogP contribution is -2.34. The van der Waals surface area contributed by atoms with Crippen LogP contribution >= 0.6 is 0 Å². The number of nitrogens with two attached hydrogens (primary N) is 1. The highest BCUT2D eigenvalue weighted by molar-refractivity contribution is 6.23. The summed E-state index contributed by atoms with van der Waals surface area (Å²) < 4.78 is 0. The van der Waals surface area contributed by atoms with Crippen LogP contribution in [0, 0.1) is 19.3 Å². The van der Waals surface area contributed by atoms with Gasteiger partial charge in [0.15, 0.2) is 0 Å². The maximum absolute atomic E-state index is 12.3. The van der Waals surface area contributed by atoms with Crippen molar-refractivity contribution in [2.75, 3.05) is 10.6 Å². The molecular weight excluding hydrogens is 228 g/mol. The van der Waals surface area contributed by atoms with Crippen molar-refractivity contribution in [2.45, 2.75) is 34.1 Å². The summed E-state index contributed by atoms with van der Waals surface area (Å²) in [6.45, 7) is 7.31. The second-order valence-corrected chi connectivity index (χ2v) is 5.54. The number of benzene rings is 1. The fraction of sp³-hybridized carbons (Fsp3) is 0.429. The Balaban J connectivity index is 2.60. The summed E-state index contributed by atoms with van der Waals surface area (Å²) in [5.41, 5.74) is 8.17. The number of anilines is 2. The monoisotopic (exact) mass is 246 g/mol. The van der Waals surface area contributed by atoms with Gasteiger partial charge in [-0.05, 0) is 31.0 Å². The van der Waals surface area contributed by atoms with Gasteiger partial charge in [0.2, 0.25) is 11.8 Å². The van der Waals surface area contributed by atoms with Gasteiger partial charge in [0.25, 0.3) is 0 Å². The highest BCUT2D eigenvalue weighted by Crippen LogP contribution is 2.39. The van der Waals surface area contributed by atoms with Gasteiger partial charge in [-0.15, -0.1) is 0 Å². The first-order chi connectivity index (χ1) is 8.25. The van der Waals surface area contributed by atoms with E-state index in [1.807, 2.05) is 19.9 Å². The van der Waals surface area contributed by atoms with Gasteiger partial charge in [0.1, 0.15) is 0 Å². The normalized spacial score (nSPS) is 18.6. The fourth-order valence-corrected chi connectivity index (χ4v) is 2.37. The maximum atomic E-state index is 12.3. The lowest BCUT2D eigenvalue weighted by atomic mass is 9.92. The zero-order valence-corrected chi connectivity index (χ0v) is 11.2. The van der Waals surface area contributed by atoms with Crippen LogP contribution in [0.3, 0.4) is 0 Å². The Morgan fingerprint density at radius 2 is 1.83 bits per heavy atom. The average molecular weight is 246 g/mol. The Bertz CT molecular complexity index is 547. The summed E-state index contributed by atoms with van der Waals surface area (Å²) >= 11 is 0. The van der Waals surface area contributed by atoms with Crippen molar-refractivity contribution in [3.8, 4) is 0 Å². The molecule has 96 valence electrons. The van der Waals surface area contributed by atoms with Gasteiger partial charge < -0.3 is 5.73 Å². The van der Waals surface area contributed by atoms with E-state index in [1.54, 1.807) is 19.9 Å². The van der Waals surface area contributed by atoms with E-state index in [9.17, 15) is 9.59 Å². The van der Waals surface area contributed by atoms with Crippen molar-refractivity contribution >= 4 is 23.2 Å². The van der Waals surface area contributed by atoms with Crippen LogP contribution in [0.15, 0.2) is 12.1 Å². The number of amides is 2. The van der Waals surface area contributed by atoms with E-state index in [2.05, 4.69) is 0 Å². The number of nitrogen functional groups attached to an aromatic ring is 1. The molecular formula is C14H18N2O2. The number of hydrogen-bond donors (Lipinski definition) is 1. The molecule has 4 nitrogen and oxygen atoms in total. The second-order valence-electron chi connectivity index (χ2n) is 5.54. The zero-order valence-electron chi connectivity index (χ0n) is 11.2. The lowest BCUT2D eigenvalue weighted by Gasteiger charge is -2.22. The van der Waals surface area contributed by atoms with E-state index in [0.29, 0.717) is 11.4 Å². The SMILES string of the molecule is Cc1ccc(N)c(C)c1N1C(=O)CC(C)(C)C1=O. The largest absolute Gasteiger partial charge is 0.398 e. The van der Waals surface area contributed by atoms with E-state index in [0.717, 1.165) is 11.1 Å². The third-order valence-electron chi connectivity index (χ3n) is 3.52. The number of nitrogens with zero attached hydrogens (tertiary/aromatic N) is 1. The summed E-state index contributed by atoms with van der Waals surface area (Å²) in [7, 11) is 0. The van der Waals surface area contributed by atoms with Crippen molar-refractivity contribution in [1.29, 1.82) is 0 Å². The molecule has 2 amide bonds. The second kappa shape index (κ2) is 3.83. The molecule has 0 unspecified atom stereocenters. The summed E-state index contributed by atoms with van der Waals surface area (Å²) in [5, 5.41) is 0. The number of aryl methyl sites for hydroxylation is 1. The van der Waals surface area contributed by atoms with Gasteiger partial charge in [0, 0.05) is 12.1 Å². The van der Waals surface area contributed by atoms with Crippen molar-refractivity contribution in [2.24, 2.45) is 5.41 Å². The Morgan fingerprint density at radius 1 is 1.22 bits per heavy atom. The molecule has 0 bridgehead atoms. The third-order valence-corrected chi connectivity index (χ3v) is 3.52. The van der Waals surface area contributed by atoms with E-state index < -0.39 is 5.41 Å². The van der Waals surface area contributed by atoms with E-state index >= 15 is 0 Å². The van der Waals surface area contributed by atoms with Gasteiger partial charge in [-0.1, -0.05) is 19.9 Å². The predicted octanol–water partition coefficient (Wildman–Crippen LogP) is 2.18. The first-order valence-electron chi connectivity index (χ1n) is 5.99. The Labute approximate surface area is 107 Å². The quantitative estimate of drug-likeness (QED) is 0.610.